The van der Waals surface area contributed by atoms with Crippen LogP contribution < -0.4 is 25.7 Å². The van der Waals surface area contributed by atoms with E-state index in [1.165, 1.54) is 18.3 Å². The number of esters is 1. The number of hydrogen-bond donors (Lipinski definition) is 3. The lowest BCUT2D eigenvalue weighted by Crippen LogP contribution is -2.41. The number of carbonyl (C=O) groups excluding carboxylic acids is 1. The Morgan fingerprint density at radius 3 is 1.83 bits per heavy atom. The zero-order valence-corrected chi connectivity index (χ0v) is 43.8. The van der Waals surface area contributed by atoms with Crippen LogP contribution in [0.4, 0.5) is 20.7 Å². The molecule has 0 bridgehead atoms. The van der Waals surface area contributed by atoms with Gasteiger partial charge in [-0.15, -0.1) is 0 Å². The summed E-state index contributed by atoms with van der Waals surface area (Å²) in [5.41, 5.74) is 7.32. The van der Waals surface area contributed by atoms with E-state index in [4.69, 9.17) is 23.5 Å². The van der Waals surface area contributed by atoms with Crippen molar-refractivity contribution in [2.45, 2.75) is 93.0 Å². The van der Waals surface area contributed by atoms with E-state index in [0.29, 0.717) is 81.9 Å². The van der Waals surface area contributed by atoms with Crippen LogP contribution in [0.5, 0.6) is 11.5 Å². The van der Waals surface area contributed by atoms with Crippen molar-refractivity contribution in [3.05, 3.63) is 122 Å². The molecule has 1 saturated heterocycles. The number of aromatic carboxylic acids is 1. The van der Waals surface area contributed by atoms with Gasteiger partial charge in [0, 0.05) is 87.1 Å². The third kappa shape index (κ3) is 10.8. The van der Waals surface area contributed by atoms with Gasteiger partial charge < -0.3 is 39.3 Å². The largest absolute Gasteiger partial charge is 0.514 e. The number of carbonyl (C=O) groups is 2. The van der Waals surface area contributed by atoms with Crippen molar-refractivity contribution >= 4 is 63.8 Å². The zero-order valence-electron chi connectivity index (χ0n) is 42.2. The average Bonchev–Trinajstić information content (AvgIpc) is 4.22. The Balaban J connectivity index is 0.000000156. The Labute approximate surface area is 440 Å². The number of nitrogens with zero attached hydrogens (tertiary/aromatic N) is 10. The van der Waals surface area contributed by atoms with Gasteiger partial charge in [0.1, 0.15) is 23.1 Å². The van der Waals surface area contributed by atoms with E-state index in [1.807, 2.05) is 37.7 Å². The SMILES string of the molecule is C.CCOC(=O)c1cn2c(NCc3c(F)ccc4c3CCO4)ncc(Br)c2n1.Cc1cc(-c2cnc(NCc3c(F)ccc4c3CCO4)n3cc(C(=O)O)nc23)n(C)n1.Cc1cc(B2OC(C)(C)C(C)(C)O2)n(C)n1. The molecule has 0 atom stereocenters. The van der Waals surface area contributed by atoms with Crippen LogP contribution in [-0.2, 0) is 54.1 Å². The number of halogens is 3. The molecule has 2 aromatic carbocycles. The molecule has 8 aromatic rings. The van der Waals surface area contributed by atoms with Gasteiger partial charge in [0.25, 0.3) is 0 Å². The number of hydrogen-bond acceptors (Lipinski definition) is 15. The highest BCUT2D eigenvalue weighted by Crippen LogP contribution is 2.37. The molecule has 0 amide bonds. The predicted molar refractivity (Wildman–Crippen MR) is 280 cm³/mol. The molecule has 9 heterocycles. The minimum absolute atomic E-state index is 0. The van der Waals surface area contributed by atoms with Crippen molar-refractivity contribution in [1.82, 2.24) is 48.3 Å². The first-order valence-corrected chi connectivity index (χ1v) is 24.6. The zero-order chi connectivity index (χ0) is 52.8. The van der Waals surface area contributed by atoms with E-state index in [-0.39, 0.29) is 68.5 Å². The van der Waals surface area contributed by atoms with Crippen LogP contribution in [0.2, 0.25) is 0 Å². The number of carboxylic acids is 1. The molecule has 6 aromatic heterocycles. The summed E-state index contributed by atoms with van der Waals surface area (Å²) in [6.45, 7) is 15.5. The first kappa shape index (κ1) is 53.8. The normalized spacial score (nSPS) is 14.7. The van der Waals surface area contributed by atoms with Gasteiger partial charge in [-0.1, -0.05) is 7.43 Å². The molecule has 0 unspecified atom stereocenters. The van der Waals surface area contributed by atoms with Crippen LogP contribution >= 0.6 is 15.9 Å². The maximum absolute atomic E-state index is 14.5. The summed E-state index contributed by atoms with van der Waals surface area (Å²) in [5.74, 6) is -0.0807. The van der Waals surface area contributed by atoms with Crippen molar-refractivity contribution < 1.29 is 47.0 Å². The third-order valence-electron chi connectivity index (χ3n) is 13.2. The Kier molecular flexibility index (Phi) is 15.4. The Morgan fingerprint density at radius 2 is 1.31 bits per heavy atom. The van der Waals surface area contributed by atoms with Crippen molar-refractivity contribution in [2.75, 3.05) is 30.5 Å². The number of nitrogens with one attached hydrogen (secondary N) is 2. The van der Waals surface area contributed by atoms with Gasteiger partial charge in [-0.25, -0.2) is 38.3 Å². The van der Waals surface area contributed by atoms with Crippen molar-refractivity contribution in [2.24, 2.45) is 14.1 Å². The van der Waals surface area contributed by atoms with E-state index in [0.717, 1.165) is 33.8 Å². The molecule has 3 aliphatic rings. The van der Waals surface area contributed by atoms with Gasteiger partial charge >= 0.3 is 19.1 Å². The standard InChI is InChI=1S/C21H19FN6O3.C18H16BrFN4O3.C11H19BN2O2.CH4/c1-11-7-17(27(2)26-11)14-9-24-21(28-10-16(20(29)30)25-19(14)28)23-8-13-12-5-6-31-18(12)4-3-15(13)22;1-2-26-17(25)14-9-24-16(23-14)12(19)8-22-18(24)21-7-11-10-5-6-27-15(10)4-3-13(11)20;1-8-7-9(14(6)13-8)12-15-10(2,3)11(4,5)16-12;/h3-4,7,9-10H,5-6,8H2,1-2H3,(H,23,24)(H,29,30);3-4,8-9H,2,5-7H2,1H3,(H,21,22);7H,1-6H3;1H4. The lowest BCUT2D eigenvalue weighted by atomic mass is 9.84. The number of benzene rings is 2. The summed E-state index contributed by atoms with van der Waals surface area (Å²) in [5, 5.41) is 24.4. The number of carboxylic acid groups (broad SMARTS) is 1. The second-order valence-corrected chi connectivity index (χ2v) is 19.6. The van der Waals surface area contributed by atoms with Crippen molar-refractivity contribution in [1.29, 1.82) is 0 Å². The first-order valence-electron chi connectivity index (χ1n) is 23.8. The average molecular weight is 1100 g/mol. The van der Waals surface area contributed by atoms with Gasteiger partial charge in [-0.3, -0.25) is 18.2 Å². The van der Waals surface area contributed by atoms with E-state index in [9.17, 15) is 23.5 Å². The highest BCUT2D eigenvalue weighted by molar-refractivity contribution is 9.10. The summed E-state index contributed by atoms with van der Waals surface area (Å²) in [6, 6.07) is 9.96. The van der Waals surface area contributed by atoms with Crippen LogP contribution in [-0.4, -0.2) is 103 Å². The van der Waals surface area contributed by atoms with Gasteiger partial charge in [0.15, 0.2) is 22.7 Å². The highest BCUT2D eigenvalue weighted by atomic mass is 79.9. The number of ether oxygens (including phenoxy) is 3. The Morgan fingerprint density at radius 1 is 0.787 bits per heavy atom. The van der Waals surface area contributed by atoms with E-state index < -0.39 is 11.9 Å². The number of imidazole rings is 2. The number of rotatable bonds is 11. The van der Waals surface area contributed by atoms with Gasteiger partial charge in [-0.05, 0) is 101 Å². The van der Waals surface area contributed by atoms with Gasteiger partial charge in [0.2, 0.25) is 11.9 Å². The molecule has 0 spiro atoms. The number of aromatic nitrogens is 10. The fourth-order valence-electron chi connectivity index (χ4n) is 8.80. The summed E-state index contributed by atoms with van der Waals surface area (Å²) in [6.07, 6.45) is 7.44. The summed E-state index contributed by atoms with van der Waals surface area (Å²) in [4.78, 5) is 40.9. The third-order valence-corrected chi connectivity index (χ3v) is 13.7. The minimum Gasteiger partial charge on any atom is -0.493 e. The van der Waals surface area contributed by atoms with E-state index in [2.05, 4.69) is 84.4 Å². The molecular formula is C51H58BBrF2N12O8. The Hall–Kier alpha value is -7.44. The molecular weight excluding hydrogens is 1040 g/mol. The van der Waals surface area contributed by atoms with Gasteiger partial charge in [0.05, 0.1) is 63.7 Å². The van der Waals surface area contributed by atoms with Crippen molar-refractivity contribution in [3.63, 3.8) is 0 Å². The fraction of sp³-hybridized carbons (Fsp3) is 0.373. The second kappa shape index (κ2) is 21.4. The van der Waals surface area contributed by atoms with Crippen LogP contribution in [0.1, 0.15) is 96.7 Å². The molecule has 3 N–H and O–H groups in total. The molecule has 24 heteroatoms. The lowest BCUT2D eigenvalue weighted by molar-refractivity contribution is 0.00578. The number of aryl methyl sites for hydroxylation is 4. The molecule has 0 aliphatic carbocycles. The second-order valence-electron chi connectivity index (χ2n) is 18.7. The predicted octanol–water partition coefficient (Wildman–Crippen LogP) is 7.84. The summed E-state index contributed by atoms with van der Waals surface area (Å²) < 4.78 is 64.1. The topological polar surface area (TPSA) is 221 Å². The maximum Gasteiger partial charge on any atom is 0.514 e. The molecule has 3 aliphatic heterocycles. The number of fused-ring (bicyclic) bond motifs is 4. The summed E-state index contributed by atoms with van der Waals surface area (Å²) >= 11 is 3.38. The molecule has 0 saturated carbocycles. The monoisotopic (exact) mass is 1090 g/mol. The minimum atomic E-state index is -1.15. The van der Waals surface area contributed by atoms with E-state index >= 15 is 0 Å². The summed E-state index contributed by atoms with van der Waals surface area (Å²) in [7, 11) is 3.39. The molecule has 20 nitrogen and oxygen atoms in total. The lowest BCUT2D eigenvalue weighted by Gasteiger charge is -2.32. The molecule has 394 valence electrons. The fourth-order valence-corrected chi connectivity index (χ4v) is 9.18. The van der Waals surface area contributed by atoms with Crippen LogP contribution in [0.3, 0.4) is 0 Å². The number of anilines is 2. The molecule has 0 radical (unpaired) electrons. The quantitative estimate of drug-likeness (QED) is 0.0829. The van der Waals surface area contributed by atoms with Crippen LogP contribution in [0.15, 0.2) is 65.7 Å². The van der Waals surface area contributed by atoms with Crippen LogP contribution in [0.25, 0.3) is 22.6 Å². The van der Waals surface area contributed by atoms with Crippen LogP contribution in [0, 0.1) is 25.5 Å². The molecule has 75 heavy (non-hydrogen) atoms. The van der Waals surface area contributed by atoms with Crippen molar-refractivity contribution in [3.8, 4) is 22.8 Å². The highest BCUT2D eigenvalue weighted by Gasteiger charge is 2.52. The maximum atomic E-state index is 14.5. The van der Waals surface area contributed by atoms with E-state index in [1.54, 1.807) is 58.2 Å². The molecule has 11 rings (SSSR count). The Bertz CT molecular complexity index is 3450. The van der Waals surface area contributed by atoms with Gasteiger partial charge in [-0.2, -0.15) is 10.2 Å². The first-order chi connectivity index (χ1) is 35.2. The smallest absolute Gasteiger partial charge is 0.493 e. The molecule has 1 fully saturated rings.